The molecule has 0 unspecified atom stereocenters. The van der Waals surface area contributed by atoms with E-state index in [1.165, 1.54) is 34.3 Å². The Morgan fingerprint density at radius 2 is 1.81 bits per heavy atom. The van der Waals surface area contributed by atoms with Crippen molar-refractivity contribution in [3.63, 3.8) is 0 Å². The number of fused-ring (bicyclic) bond motifs is 3. The van der Waals surface area contributed by atoms with Crippen molar-refractivity contribution in [2.45, 2.75) is 22.5 Å². The Kier molecular flexibility index (Phi) is 5.02. The molecule has 0 radical (unpaired) electrons. The highest BCUT2D eigenvalue weighted by Gasteiger charge is 2.28. The van der Waals surface area contributed by atoms with Crippen LogP contribution in [0.3, 0.4) is 0 Å². The van der Waals surface area contributed by atoms with Gasteiger partial charge in [0.05, 0.1) is 12.7 Å². The SMILES string of the molecule is COC(=O)c1c(SC)cc(-c2ccc(C)cc2)c2c1-c1ccccc1SC2. The van der Waals surface area contributed by atoms with Gasteiger partial charge >= 0.3 is 5.97 Å². The van der Waals surface area contributed by atoms with Crippen LogP contribution in [-0.2, 0) is 10.5 Å². The topological polar surface area (TPSA) is 26.3 Å². The van der Waals surface area contributed by atoms with E-state index in [4.69, 9.17) is 4.74 Å². The summed E-state index contributed by atoms with van der Waals surface area (Å²) in [6, 6.07) is 19.1. The molecule has 2 nitrogen and oxygen atoms in total. The first-order valence-electron chi connectivity index (χ1n) is 8.75. The average Bonchev–Trinajstić information content (AvgIpc) is 2.72. The van der Waals surface area contributed by atoms with E-state index in [0.717, 1.165) is 21.8 Å². The second kappa shape index (κ2) is 7.45. The fourth-order valence-corrected chi connectivity index (χ4v) is 5.28. The van der Waals surface area contributed by atoms with Crippen molar-refractivity contribution < 1.29 is 9.53 Å². The largest absolute Gasteiger partial charge is 0.465 e. The summed E-state index contributed by atoms with van der Waals surface area (Å²) in [6.45, 7) is 2.10. The lowest BCUT2D eigenvalue weighted by Gasteiger charge is -2.26. The maximum absolute atomic E-state index is 12.7. The monoisotopic (exact) mass is 392 g/mol. The van der Waals surface area contributed by atoms with E-state index in [9.17, 15) is 4.79 Å². The van der Waals surface area contributed by atoms with Gasteiger partial charge in [-0.05, 0) is 47.6 Å². The number of carbonyl (C=O) groups is 1. The highest BCUT2D eigenvalue weighted by Crippen LogP contribution is 2.49. The van der Waals surface area contributed by atoms with Gasteiger partial charge in [-0.3, -0.25) is 0 Å². The molecular formula is C23H20O2S2. The molecule has 4 rings (SSSR count). The molecule has 0 fully saturated rings. The van der Waals surface area contributed by atoms with Crippen molar-refractivity contribution in [1.29, 1.82) is 0 Å². The van der Waals surface area contributed by atoms with Crippen molar-refractivity contribution in [3.05, 3.63) is 71.3 Å². The van der Waals surface area contributed by atoms with Crippen molar-refractivity contribution in [1.82, 2.24) is 0 Å². The quantitative estimate of drug-likeness (QED) is 0.378. The molecule has 0 atom stereocenters. The lowest BCUT2D eigenvalue weighted by Crippen LogP contribution is -2.11. The Balaban J connectivity index is 2.08. The molecule has 1 aliphatic rings. The lowest BCUT2D eigenvalue weighted by atomic mass is 9.88. The van der Waals surface area contributed by atoms with Crippen LogP contribution in [0, 0.1) is 6.92 Å². The van der Waals surface area contributed by atoms with Crippen LogP contribution in [0.5, 0.6) is 0 Å². The Morgan fingerprint density at radius 1 is 1.07 bits per heavy atom. The lowest BCUT2D eigenvalue weighted by molar-refractivity contribution is 0.0597. The Bertz CT molecular complexity index is 1020. The van der Waals surface area contributed by atoms with Gasteiger partial charge in [0.15, 0.2) is 0 Å². The normalized spacial score (nSPS) is 12.3. The van der Waals surface area contributed by atoms with Gasteiger partial charge < -0.3 is 4.74 Å². The maximum Gasteiger partial charge on any atom is 0.339 e. The molecule has 4 heteroatoms. The third-order valence-electron chi connectivity index (χ3n) is 4.90. The minimum Gasteiger partial charge on any atom is -0.465 e. The zero-order valence-electron chi connectivity index (χ0n) is 15.5. The van der Waals surface area contributed by atoms with Crippen molar-refractivity contribution >= 4 is 29.5 Å². The van der Waals surface area contributed by atoms with Crippen molar-refractivity contribution in [2.24, 2.45) is 0 Å². The van der Waals surface area contributed by atoms with Crippen LogP contribution in [-0.4, -0.2) is 19.3 Å². The van der Waals surface area contributed by atoms with E-state index in [0.29, 0.717) is 5.56 Å². The number of thioether (sulfide) groups is 2. The van der Waals surface area contributed by atoms with Gasteiger partial charge in [0.25, 0.3) is 0 Å². The first-order chi connectivity index (χ1) is 13.1. The second-order valence-corrected chi connectivity index (χ2v) is 8.36. The molecule has 0 bridgehead atoms. The molecule has 0 saturated carbocycles. The molecule has 3 aromatic carbocycles. The summed E-state index contributed by atoms with van der Waals surface area (Å²) in [5.41, 5.74) is 7.66. The van der Waals surface area contributed by atoms with E-state index < -0.39 is 0 Å². The molecule has 27 heavy (non-hydrogen) atoms. The number of esters is 1. The van der Waals surface area contributed by atoms with Crippen LogP contribution >= 0.6 is 23.5 Å². The van der Waals surface area contributed by atoms with Crippen LogP contribution < -0.4 is 0 Å². The molecule has 0 amide bonds. The van der Waals surface area contributed by atoms with Crippen LogP contribution in [0.1, 0.15) is 21.5 Å². The summed E-state index contributed by atoms with van der Waals surface area (Å²) in [7, 11) is 1.45. The molecule has 0 aromatic heterocycles. The fourth-order valence-electron chi connectivity index (χ4n) is 3.55. The minimum absolute atomic E-state index is 0.271. The molecule has 1 heterocycles. The van der Waals surface area contributed by atoms with Gasteiger partial charge in [0, 0.05) is 21.1 Å². The molecule has 0 aliphatic carbocycles. The maximum atomic E-state index is 12.7. The predicted molar refractivity (Wildman–Crippen MR) is 115 cm³/mol. The third kappa shape index (κ3) is 3.17. The van der Waals surface area contributed by atoms with Gasteiger partial charge in [-0.15, -0.1) is 23.5 Å². The highest BCUT2D eigenvalue weighted by molar-refractivity contribution is 7.99. The number of ether oxygens (including phenoxy) is 1. The number of hydrogen-bond donors (Lipinski definition) is 0. The van der Waals surface area contributed by atoms with Gasteiger partial charge in [0.1, 0.15) is 0 Å². The van der Waals surface area contributed by atoms with Gasteiger partial charge in [-0.2, -0.15) is 0 Å². The molecule has 0 spiro atoms. The minimum atomic E-state index is -0.271. The van der Waals surface area contributed by atoms with E-state index >= 15 is 0 Å². The molecular weight excluding hydrogens is 372 g/mol. The smallest absolute Gasteiger partial charge is 0.339 e. The van der Waals surface area contributed by atoms with Crippen molar-refractivity contribution in [2.75, 3.05) is 13.4 Å². The molecule has 0 saturated heterocycles. The highest BCUT2D eigenvalue weighted by atomic mass is 32.2. The van der Waals surface area contributed by atoms with Crippen LogP contribution in [0.2, 0.25) is 0 Å². The second-order valence-electron chi connectivity index (χ2n) is 6.50. The summed E-state index contributed by atoms with van der Waals surface area (Å²) >= 11 is 3.42. The number of hydrogen-bond acceptors (Lipinski definition) is 4. The molecule has 136 valence electrons. The first kappa shape index (κ1) is 18.2. The first-order valence-corrected chi connectivity index (χ1v) is 11.0. The summed E-state index contributed by atoms with van der Waals surface area (Å²) in [5, 5.41) is 0. The Morgan fingerprint density at radius 3 is 2.52 bits per heavy atom. The van der Waals surface area contributed by atoms with Crippen LogP contribution in [0.15, 0.2) is 64.4 Å². The van der Waals surface area contributed by atoms with Crippen molar-refractivity contribution in [3.8, 4) is 22.3 Å². The number of aryl methyl sites for hydroxylation is 1. The number of methoxy groups -OCH3 is 1. The third-order valence-corrected chi connectivity index (χ3v) is 6.76. The zero-order valence-corrected chi connectivity index (χ0v) is 17.2. The Labute approximate surface area is 168 Å². The molecule has 0 N–H and O–H groups in total. The van der Waals surface area contributed by atoms with Gasteiger partial charge in [-0.25, -0.2) is 4.79 Å². The van der Waals surface area contributed by atoms with Crippen LogP contribution in [0.4, 0.5) is 0 Å². The number of rotatable bonds is 3. The Hall–Kier alpha value is -2.17. The van der Waals surface area contributed by atoms with Gasteiger partial charge in [0.2, 0.25) is 0 Å². The average molecular weight is 393 g/mol. The van der Waals surface area contributed by atoms with Crippen LogP contribution in [0.25, 0.3) is 22.3 Å². The van der Waals surface area contributed by atoms with E-state index in [-0.39, 0.29) is 5.97 Å². The standard InChI is InChI=1S/C23H20O2S2/c1-14-8-10-15(11-9-14)17-12-20(26-3)22(23(24)25-2)21-16-6-4-5-7-19(16)27-13-18(17)21/h4-12H,13H2,1-3H3. The van der Waals surface area contributed by atoms with Gasteiger partial charge in [-0.1, -0.05) is 48.0 Å². The summed E-state index contributed by atoms with van der Waals surface area (Å²) < 4.78 is 5.16. The van der Waals surface area contributed by atoms with E-state index in [1.807, 2.05) is 30.2 Å². The summed E-state index contributed by atoms with van der Waals surface area (Å²) in [6.07, 6.45) is 2.01. The molecule has 1 aliphatic heterocycles. The zero-order chi connectivity index (χ0) is 19.0. The fraction of sp³-hybridized carbons (Fsp3) is 0.174. The molecule has 3 aromatic rings. The number of benzene rings is 3. The number of carbonyl (C=O) groups excluding carboxylic acids is 1. The predicted octanol–water partition coefficient (Wildman–Crippen LogP) is 6.44. The van der Waals surface area contributed by atoms with E-state index in [1.54, 1.807) is 11.8 Å². The van der Waals surface area contributed by atoms with E-state index in [2.05, 4.69) is 49.4 Å². The summed E-state index contributed by atoms with van der Waals surface area (Å²) in [5.74, 6) is 0.571. The summed E-state index contributed by atoms with van der Waals surface area (Å²) in [4.78, 5) is 14.9.